The number of amides is 1. The van der Waals surface area contributed by atoms with E-state index in [1.54, 1.807) is 6.08 Å². The zero-order chi connectivity index (χ0) is 43.7. The summed E-state index contributed by atoms with van der Waals surface area (Å²) in [6.07, 6.45) is 65.8. The third-order valence-corrected chi connectivity index (χ3v) is 12.1. The molecule has 0 spiro atoms. The van der Waals surface area contributed by atoms with Crippen LogP contribution >= 0.6 is 0 Å². The molecule has 1 amide bonds. The van der Waals surface area contributed by atoms with Crippen LogP contribution in [0.25, 0.3) is 0 Å². The first kappa shape index (κ1) is 58.3. The van der Waals surface area contributed by atoms with Crippen molar-refractivity contribution in [2.45, 2.75) is 289 Å². The molecule has 3 atom stereocenters. The van der Waals surface area contributed by atoms with E-state index in [4.69, 9.17) is 0 Å². The molecular formula is C55H103NO4. The van der Waals surface area contributed by atoms with Crippen molar-refractivity contribution in [3.63, 3.8) is 0 Å². The van der Waals surface area contributed by atoms with Crippen LogP contribution in [0, 0.1) is 0 Å². The van der Waals surface area contributed by atoms with Crippen molar-refractivity contribution in [2.75, 3.05) is 6.61 Å². The zero-order valence-corrected chi connectivity index (χ0v) is 40.1. The van der Waals surface area contributed by atoms with Crippen molar-refractivity contribution in [1.82, 2.24) is 5.32 Å². The van der Waals surface area contributed by atoms with Gasteiger partial charge in [0.1, 0.15) is 0 Å². The normalized spacial score (nSPS) is 13.8. The van der Waals surface area contributed by atoms with Crippen LogP contribution in [0.2, 0.25) is 0 Å². The second-order valence-electron chi connectivity index (χ2n) is 18.1. The predicted molar refractivity (Wildman–Crippen MR) is 264 cm³/mol. The summed E-state index contributed by atoms with van der Waals surface area (Å²) in [5, 5.41) is 33.3. The lowest BCUT2D eigenvalue weighted by Crippen LogP contribution is -2.45. The number of aliphatic hydroxyl groups is 3. The number of allylic oxidation sites excluding steroid dienone is 7. The van der Waals surface area contributed by atoms with E-state index in [1.165, 1.54) is 205 Å². The molecule has 0 aliphatic carbocycles. The summed E-state index contributed by atoms with van der Waals surface area (Å²) in [5.41, 5.74) is 0. The van der Waals surface area contributed by atoms with Crippen LogP contribution in [0.5, 0.6) is 0 Å². The Bertz CT molecular complexity index is 974. The van der Waals surface area contributed by atoms with E-state index >= 15 is 0 Å². The number of aliphatic hydroxyl groups excluding tert-OH is 3. The monoisotopic (exact) mass is 842 g/mol. The summed E-state index contributed by atoms with van der Waals surface area (Å²) in [5.74, 6) is -0.328. The molecule has 3 unspecified atom stereocenters. The van der Waals surface area contributed by atoms with E-state index < -0.39 is 18.2 Å². The SMILES string of the molecule is CCCCCCCC/C=C/CC/C=C/CC/C=C/C(O)C(CO)NC(=O)CC(O)CCCCCCCCCCCCCCC/C=C\CCCCCCCCCCCCCC. The Hall–Kier alpha value is -1.69. The van der Waals surface area contributed by atoms with E-state index in [2.05, 4.69) is 55.6 Å². The van der Waals surface area contributed by atoms with E-state index in [0.717, 1.165) is 38.5 Å². The molecule has 0 aliphatic heterocycles. The maximum absolute atomic E-state index is 12.5. The van der Waals surface area contributed by atoms with Gasteiger partial charge in [0.05, 0.1) is 31.3 Å². The molecule has 5 heteroatoms. The second kappa shape index (κ2) is 50.0. The van der Waals surface area contributed by atoms with E-state index in [0.29, 0.717) is 6.42 Å². The number of hydrogen-bond acceptors (Lipinski definition) is 4. The maximum atomic E-state index is 12.5. The van der Waals surface area contributed by atoms with Gasteiger partial charge >= 0.3 is 0 Å². The van der Waals surface area contributed by atoms with Crippen LogP contribution < -0.4 is 5.32 Å². The van der Waals surface area contributed by atoms with E-state index in [1.807, 2.05) is 6.08 Å². The van der Waals surface area contributed by atoms with Crippen LogP contribution in [-0.4, -0.2) is 46.1 Å². The van der Waals surface area contributed by atoms with E-state index in [9.17, 15) is 20.1 Å². The molecule has 4 N–H and O–H groups in total. The molecule has 0 bridgehead atoms. The van der Waals surface area contributed by atoms with Crippen LogP contribution in [-0.2, 0) is 4.79 Å². The summed E-state index contributed by atoms with van der Waals surface area (Å²) >= 11 is 0. The van der Waals surface area contributed by atoms with Gasteiger partial charge in [0, 0.05) is 0 Å². The first-order valence-electron chi connectivity index (χ1n) is 26.4. The van der Waals surface area contributed by atoms with Gasteiger partial charge in [-0.3, -0.25) is 4.79 Å². The van der Waals surface area contributed by atoms with Crippen molar-refractivity contribution < 1.29 is 20.1 Å². The summed E-state index contributed by atoms with van der Waals surface area (Å²) in [4.78, 5) is 12.5. The summed E-state index contributed by atoms with van der Waals surface area (Å²) < 4.78 is 0. The highest BCUT2D eigenvalue weighted by Gasteiger charge is 2.20. The van der Waals surface area contributed by atoms with Gasteiger partial charge in [0.25, 0.3) is 0 Å². The molecule has 0 heterocycles. The van der Waals surface area contributed by atoms with Gasteiger partial charge in [-0.25, -0.2) is 0 Å². The molecule has 352 valence electrons. The first-order chi connectivity index (χ1) is 29.5. The van der Waals surface area contributed by atoms with Crippen molar-refractivity contribution in [3.8, 4) is 0 Å². The molecule has 0 aliphatic rings. The highest BCUT2D eigenvalue weighted by atomic mass is 16.3. The molecule has 0 aromatic rings. The lowest BCUT2D eigenvalue weighted by atomic mass is 10.0. The third-order valence-electron chi connectivity index (χ3n) is 12.1. The Kier molecular flexibility index (Phi) is 48.6. The number of unbranched alkanes of at least 4 members (excludes halogenated alkanes) is 33. The summed E-state index contributed by atoms with van der Waals surface area (Å²) in [6, 6.07) is -0.768. The smallest absolute Gasteiger partial charge is 0.222 e. The lowest BCUT2D eigenvalue weighted by Gasteiger charge is -2.21. The van der Waals surface area contributed by atoms with Crippen molar-refractivity contribution in [3.05, 3.63) is 48.6 Å². The molecule has 0 fully saturated rings. The molecule has 0 saturated heterocycles. The summed E-state index contributed by atoms with van der Waals surface area (Å²) in [7, 11) is 0. The van der Waals surface area contributed by atoms with E-state index in [-0.39, 0.29) is 18.9 Å². The highest BCUT2D eigenvalue weighted by molar-refractivity contribution is 5.76. The zero-order valence-electron chi connectivity index (χ0n) is 40.1. The fourth-order valence-corrected chi connectivity index (χ4v) is 8.01. The minimum atomic E-state index is -0.960. The summed E-state index contributed by atoms with van der Waals surface area (Å²) in [6.45, 7) is 4.20. The first-order valence-corrected chi connectivity index (χ1v) is 26.4. The van der Waals surface area contributed by atoms with Gasteiger partial charge in [0.2, 0.25) is 5.91 Å². The Morgan fingerprint density at radius 3 is 1.07 bits per heavy atom. The quantitative estimate of drug-likeness (QED) is 0.0363. The second-order valence-corrected chi connectivity index (χ2v) is 18.1. The average Bonchev–Trinajstić information content (AvgIpc) is 3.24. The lowest BCUT2D eigenvalue weighted by molar-refractivity contribution is -0.124. The van der Waals surface area contributed by atoms with Gasteiger partial charge in [0.15, 0.2) is 0 Å². The minimum Gasteiger partial charge on any atom is -0.394 e. The van der Waals surface area contributed by atoms with Crippen molar-refractivity contribution in [2.24, 2.45) is 0 Å². The van der Waals surface area contributed by atoms with Gasteiger partial charge in [-0.05, 0) is 70.6 Å². The van der Waals surface area contributed by atoms with Gasteiger partial charge < -0.3 is 20.6 Å². The van der Waals surface area contributed by atoms with Gasteiger partial charge in [-0.15, -0.1) is 0 Å². The molecule has 5 nitrogen and oxygen atoms in total. The van der Waals surface area contributed by atoms with Crippen LogP contribution in [0.15, 0.2) is 48.6 Å². The fourth-order valence-electron chi connectivity index (χ4n) is 8.01. The standard InChI is InChI=1S/C55H103NO4/c1-3-5-7-9-11-13-15-17-19-21-22-23-24-25-26-27-28-29-30-31-32-33-34-36-38-40-42-44-46-48-52(58)50-55(60)56-53(51-57)54(59)49-47-45-43-41-39-37-35-20-18-16-14-12-10-8-6-4-2/h18,20,25-26,39,41,47,49,52-54,57-59H,3-17,19,21-24,27-38,40,42-46,48,50-51H2,1-2H3,(H,56,60)/b20-18+,26-25-,41-39+,49-47+. The number of hydrogen-bond donors (Lipinski definition) is 4. The Labute approximate surface area is 374 Å². The predicted octanol–water partition coefficient (Wildman–Crippen LogP) is 16.1. The van der Waals surface area contributed by atoms with Crippen LogP contribution in [0.3, 0.4) is 0 Å². The molecule has 0 aromatic carbocycles. The molecule has 0 radical (unpaired) electrons. The third kappa shape index (κ3) is 45.8. The highest BCUT2D eigenvalue weighted by Crippen LogP contribution is 2.16. The van der Waals surface area contributed by atoms with Crippen molar-refractivity contribution >= 4 is 5.91 Å². The number of nitrogens with one attached hydrogen (secondary N) is 1. The molecule has 0 rings (SSSR count). The molecular weight excluding hydrogens is 739 g/mol. The minimum absolute atomic E-state index is 0.00253. The van der Waals surface area contributed by atoms with Crippen LogP contribution in [0.4, 0.5) is 0 Å². The Balaban J connectivity index is 3.59. The van der Waals surface area contributed by atoms with Crippen molar-refractivity contribution in [1.29, 1.82) is 0 Å². The van der Waals surface area contributed by atoms with Crippen LogP contribution in [0.1, 0.15) is 271 Å². The number of carbonyl (C=O) groups is 1. The average molecular weight is 842 g/mol. The Morgan fingerprint density at radius 2 is 0.717 bits per heavy atom. The number of rotatable bonds is 48. The van der Waals surface area contributed by atoms with Gasteiger partial charge in [-0.1, -0.05) is 242 Å². The molecule has 0 saturated carbocycles. The topological polar surface area (TPSA) is 89.8 Å². The fraction of sp³-hybridized carbons (Fsp3) is 0.836. The largest absolute Gasteiger partial charge is 0.394 e. The molecule has 60 heavy (non-hydrogen) atoms. The number of carbonyl (C=O) groups excluding carboxylic acids is 1. The Morgan fingerprint density at radius 1 is 0.417 bits per heavy atom. The van der Waals surface area contributed by atoms with Gasteiger partial charge in [-0.2, -0.15) is 0 Å². The maximum Gasteiger partial charge on any atom is 0.222 e. The molecule has 0 aromatic heterocycles.